The van der Waals surface area contributed by atoms with E-state index < -0.39 is 9.84 Å². The SMILES string of the molecule is N#CCOc1cccc(CNC2CCS(=O)(=O)C2)c1. The maximum atomic E-state index is 11.3. The van der Waals surface area contributed by atoms with E-state index in [4.69, 9.17) is 10.00 Å². The summed E-state index contributed by atoms with van der Waals surface area (Å²) in [6.45, 7) is 0.627. The van der Waals surface area contributed by atoms with Gasteiger partial charge < -0.3 is 10.1 Å². The maximum absolute atomic E-state index is 11.3. The van der Waals surface area contributed by atoms with Crippen LogP contribution in [-0.4, -0.2) is 32.6 Å². The molecule has 0 radical (unpaired) electrons. The quantitative estimate of drug-likeness (QED) is 0.865. The smallest absolute Gasteiger partial charge is 0.174 e. The predicted molar refractivity (Wildman–Crippen MR) is 71.4 cm³/mol. The molecule has 0 saturated carbocycles. The number of sulfone groups is 1. The Morgan fingerprint density at radius 2 is 2.32 bits per heavy atom. The second-order valence-electron chi connectivity index (χ2n) is 4.58. The Balaban J connectivity index is 1.88. The van der Waals surface area contributed by atoms with E-state index in [0.29, 0.717) is 18.7 Å². The molecule has 19 heavy (non-hydrogen) atoms. The highest BCUT2D eigenvalue weighted by Crippen LogP contribution is 2.15. The molecule has 6 heteroatoms. The third-order valence-electron chi connectivity index (χ3n) is 3.03. The van der Waals surface area contributed by atoms with Crippen molar-refractivity contribution >= 4 is 9.84 Å². The van der Waals surface area contributed by atoms with Crippen molar-refractivity contribution in [1.29, 1.82) is 5.26 Å². The van der Waals surface area contributed by atoms with Crippen LogP contribution in [0.25, 0.3) is 0 Å². The maximum Gasteiger partial charge on any atom is 0.174 e. The van der Waals surface area contributed by atoms with Crippen LogP contribution >= 0.6 is 0 Å². The molecule has 1 atom stereocenters. The zero-order valence-corrected chi connectivity index (χ0v) is 11.3. The highest BCUT2D eigenvalue weighted by atomic mass is 32.2. The van der Waals surface area contributed by atoms with Crippen LogP contribution in [0, 0.1) is 11.3 Å². The van der Waals surface area contributed by atoms with Crippen molar-refractivity contribution in [2.24, 2.45) is 0 Å². The van der Waals surface area contributed by atoms with Crippen molar-refractivity contribution in [3.63, 3.8) is 0 Å². The van der Waals surface area contributed by atoms with E-state index >= 15 is 0 Å². The van der Waals surface area contributed by atoms with Gasteiger partial charge in [-0.25, -0.2) is 8.42 Å². The Hall–Kier alpha value is -1.58. The number of ether oxygens (including phenoxy) is 1. The summed E-state index contributed by atoms with van der Waals surface area (Å²) >= 11 is 0. The van der Waals surface area contributed by atoms with Gasteiger partial charge in [0.15, 0.2) is 16.4 Å². The average molecular weight is 280 g/mol. The summed E-state index contributed by atoms with van der Waals surface area (Å²) in [4.78, 5) is 0. The molecule has 1 heterocycles. The van der Waals surface area contributed by atoms with Crippen LogP contribution < -0.4 is 10.1 Å². The fourth-order valence-electron chi connectivity index (χ4n) is 2.08. The van der Waals surface area contributed by atoms with Crippen LogP contribution in [0.5, 0.6) is 5.75 Å². The fraction of sp³-hybridized carbons (Fsp3) is 0.462. The Morgan fingerprint density at radius 3 is 3.00 bits per heavy atom. The molecule has 0 spiro atoms. The van der Waals surface area contributed by atoms with Crippen molar-refractivity contribution in [2.75, 3.05) is 18.1 Å². The minimum absolute atomic E-state index is 0.0255. The molecule has 102 valence electrons. The van der Waals surface area contributed by atoms with Crippen molar-refractivity contribution in [3.8, 4) is 11.8 Å². The molecule has 1 unspecified atom stereocenters. The summed E-state index contributed by atoms with van der Waals surface area (Å²) in [5, 5.41) is 11.7. The molecule has 1 aliphatic heterocycles. The second-order valence-corrected chi connectivity index (χ2v) is 6.80. The minimum Gasteiger partial charge on any atom is -0.479 e. The zero-order chi connectivity index (χ0) is 13.7. The highest BCUT2D eigenvalue weighted by Gasteiger charge is 2.27. The van der Waals surface area contributed by atoms with Crippen LogP contribution in [0.3, 0.4) is 0 Å². The number of hydrogen-bond donors (Lipinski definition) is 1. The second kappa shape index (κ2) is 6.04. The van der Waals surface area contributed by atoms with Crippen molar-refractivity contribution in [1.82, 2.24) is 5.32 Å². The van der Waals surface area contributed by atoms with Gasteiger partial charge in [0.2, 0.25) is 0 Å². The van der Waals surface area contributed by atoms with Gasteiger partial charge in [-0.1, -0.05) is 12.1 Å². The number of nitriles is 1. The summed E-state index contributed by atoms with van der Waals surface area (Å²) < 4.78 is 27.9. The van der Waals surface area contributed by atoms with Gasteiger partial charge in [0.25, 0.3) is 0 Å². The number of hydrogen-bond acceptors (Lipinski definition) is 5. The van der Waals surface area contributed by atoms with Gasteiger partial charge in [-0.3, -0.25) is 0 Å². The molecule has 1 saturated heterocycles. The van der Waals surface area contributed by atoms with Crippen LogP contribution in [0.2, 0.25) is 0 Å². The van der Waals surface area contributed by atoms with E-state index in [1.54, 1.807) is 6.07 Å². The first-order valence-corrected chi connectivity index (χ1v) is 7.94. The Bertz CT molecular complexity index is 578. The lowest BCUT2D eigenvalue weighted by molar-refractivity contribution is 0.367. The van der Waals surface area contributed by atoms with Gasteiger partial charge in [0.1, 0.15) is 11.8 Å². The minimum atomic E-state index is -2.84. The molecule has 1 aliphatic rings. The number of benzene rings is 1. The lowest BCUT2D eigenvalue weighted by Crippen LogP contribution is -2.29. The van der Waals surface area contributed by atoms with E-state index in [9.17, 15) is 8.42 Å². The predicted octanol–water partition coefficient (Wildman–Crippen LogP) is 0.866. The molecule has 5 nitrogen and oxygen atoms in total. The molecule has 1 aromatic rings. The molecule has 1 N–H and O–H groups in total. The number of nitrogens with zero attached hydrogens (tertiary/aromatic N) is 1. The third-order valence-corrected chi connectivity index (χ3v) is 4.80. The Kier molecular flexibility index (Phi) is 4.40. The Morgan fingerprint density at radius 1 is 1.47 bits per heavy atom. The van der Waals surface area contributed by atoms with E-state index in [-0.39, 0.29) is 24.2 Å². The summed E-state index contributed by atoms with van der Waals surface area (Å²) in [5.41, 5.74) is 1.01. The normalized spacial score (nSPS) is 20.9. The monoisotopic (exact) mass is 280 g/mol. The summed E-state index contributed by atoms with van der Waals surface area (Å²) in [6, 6.07) is 9.40. The number of rotatable bonds is 5. The van der Waals surface area contributed by atoms with E-state index in [2.05, 4.69) is 5.32 Å². The van der Waals surface area contributed by atoms with Gasteiger partial charge >= 0.3 is 0 Å². The first kappa shape index (κ1) is 13.8. The highest BCUT2D eigenvalue weighted by molar-refractivity contribution is 7.91. The van der Waals surface area contributed by atoms with Gasteiger partial charge in [-0.15, -0.1) is 0 Å². The molecule has 0 amide bonds. The topological polar surface area (TPSA) is 79.2 Å². The van der Waals surface area contributed by atoms with Crippen LogP contribution in [0.4, 0.5) is 0 Å². The number of nitrogens with one attached hydrogen (secondary N) is 1. The molecular weight excluding hydrogens is 264 g/mol. The molecule has 0 aromatic heterocycles. The van der Waals surface area contributed by atoms with E-state index in [0.717, 1.165) is 5.56 Å². The summed E-state index contributed by atoms with van der Waals surface area (Å²) in [5.74, 6) is 1.15. The summed E-state index contributed by atoms with van der Waals surface area (Å²) in [6.07, 6.45) is 0.674. The standard InChI is InChI=1S/C13H16N2O3S/c14-5-6-18-13-3-1-2-11(8-13)9-15-12-4-7-19(16,17)10-12/h1-3,8,12,15H,4,6-7,9-10H2. The van der Waals surface area contributed by atoms with Crippen molar-refractivity contribution in [2.45, 2.75) is 19.0 Å². The largest absolute Gasteiger partial charge is 0.479 e. The molecule has 1 fully saturated rings. The van der Waals surface area contributed by atoms with Crippen LogP contribution in [0.1, 0.15) is 12.0 Å². The van der Waals surface area contributed by atoms with Crippen molar-refractivity contribution in [3.05, 3.63) is 29.8 Å². The molecule has 2 rings (SSSR count). The lowest BCUT2D eigenvalue weighted by atomic mass is 10.2. The van der Waals surface area contributed by atoms with Gasteiger partial charge in [0.05, 0.1) is 11.5 Å². The Labute approximate surface area is 113 Å². The average Bonchev–Trinajstić information content (AvgIpc) is 2.74. The van der Waals surface area contributed by atoms with E-state index in [1.165, 1.54) is 0 Å². The van der Waals surface area contributed by atoms with Gasteiger partial charge in [-0.2, -0.15) is 5.26 Å². The molecule has 1 aromatic carbocycles. The van der Waals surface area contributed by atoms with Crippen molar-refractivity contribution < 1.29 is 13.2 Å². The van der Waals surface area contributed by atoms with Gasteiger partial charge in [0, 0.05) is 12.6 Å². The van der Waals surface area contributed by atoms with Gasteiger partial charge in [-0.05, 0) is 24.1 Å². The molecule has 0 bridgehead atoms. The van der Waals surface area contributed by atoms with E-state index in [1.807, 2.05) is 24.3 Å². The third kappa shape index (κ3) is 4.23. The first-order valence-electron chi connectivity index (χ1n) is 6.11. The van der Waals surface area contributed by atoms with Crippen LogP contribution in [0.15, 0.2) is 24.3 Å². The lowest BCUT2D eigenvalue weighted by Gasteiger charge is -2.11. The zero-order valence-electron chi connectivity index (χ0n) is 10.5. The molecular formula is C13H16N2O3S. The fourth-order valence-corrected chi connectivity index (χ4v) is 3.79. The summed E-state index contributed by atoms with van der Waals surface area (Å²) in [7, 11) is -2.84. The molecule has 0 aliphatic carbocycles. The first-order chi connectivity index (χ1) is 9.09. The van der Waals surface area contributed by atoms with Crippen LogP contribution in [-0.2, 0) is 16.4 Å².